The van der Waals surface area contributed by atoms with E-state index in [1.807, 2.05) is 24.3 Å². The van der Waals surface area contributed by atoms with E-state index in [4.69, 9.17) is 9.47 Å². The Morgan fingerprint density at radius 1 is 1.25 bits per heavy atom. The summed E-state index contributed by atoms with van der Waals surface area (Å²) in [5.41, 5.74) is 1.05. The Bertz CT molecular complexity index is 561. The molecule has 3 nitrogen and oxygen atoms in total. The van der Waals surface area contributed by atoms with E-state index in [1.165, 1.54) is 0 Å². The molecule has 0 aliphatic rings. The Kier molecular flexibility index (Phi) is 8.60. The smallest absolute Gasteiger partial charge is 0.118 e. The average molecular weight is 330 g/mol. The number of benzene rings is 1. The number of methoxy groups -OCH3 is 1. The van der Waals surface area contributed by atoms with Crippen molar-refractivity contribution in [1.82, 2.24) is 0 Å². The van der Waals surface area contributed by atoms with Crippen LogP contribution >= 0.6 is 0 Å². The number of aliphatic hydroxyl groups is 1. The minimum atomic E-state index is -0.571. The number of ether oxygens (including phenoxy) is 2. The molecule has 0 amide bonds. The molecule has 0 fully saturated rings. The highest BCUT2D eigenvalue weighted by Gasteiger charge is 2.17. The van der Waals surface area contributed by atoms with E-state index in [2.05, 4.69) is 44.8 Å². The fourth-order valence-corrected chi connectivity index (χ4v) is 2.39. The first-order chi connectivity index (χ1) is 11.4. The molecule has 1 aromatic rings. The number of hydrogen-bond donors (Lipinski definition) is 1. The lowest BCUT2D eigenvalue weighted by Gasteiger charge is -2.21. The molecule has 0 bridgehead atoms. The summed E-state index contributed by atoms with van der Waals surface area (Å²) < 4.78 is 11.0. The van der Waals surface area contributed by atoms with Gasteiger partial charge in [-0.1, -0.05) is 44.1 Å². The second kappa shape index (κ2) is 10.2. The summed E-state index contributed by atoms with van der Waals surface area (Å²) in [4.78, 5) is 0. The fourth-order valence-electron chi connectivity index (χ4n) is 2.39. The number of rotatable bonds is 9. The van der Waals surface area contributed by atoms with Gasteiger partial charge in [0.15, 0.2) is 0 Å². The van der Waals surface area contributed by atoms with Crippen molar-refractivity contribution in [2.75, 3.05) is 7.11 Å². The summed E-state index contributed by atoms with van der Waals surface area (Å²) in [6.45, 7) is 8.61. The van der Waals surface area contributed by atoms with E-state index >= 15 is 0 Å². The van der Waals surface area contributed by atoms with E-state index in [0.717, 1.165) is 17.7 Å². The highest BCUT2D eigenvalue weighted by atomic mass is 16.5. The molecule has 0 aliphatic heterocycles. The molecule has 24 heavy (non-hydrogen) atoms. The molecule has 132 valence electrons. The molecule has 0 unspecified atom stereocenters. The second-order valence-electron chi connectivity index (χ2n) is 6.71. The van der Waals surface area contributed by atoms with E-state index in [9.17, 15) is 5.11 Å². The summed E-state index contributed by atoms with van der Waals surface area (Å²) in [6, 6.07) is 7.91. The van der Waals surface area contributed by atoms with Gasteiger partial charge in [-0.2, -0.15) is 0 Å². The zero-order chi connectivity index (χ0) is 18.0. The highest BCUT2D eigenvalue weighted by molar-refractivity contribution is 5.26. The maximum atomic E-state index is 9.80. The molecule has 1 rings (SSSR count). The maximum Gasteiger partial charge on any atom is 0.118 e. The van der Waals surface area contributed by atoms with Gasteiger partial charge in [-0.25, -0.2) is 0 Å². The number of allylic oxidation sites excluding steroid dienone is 1. The minimum absolute atomic E-state index is 0.0844. The molecule has 2 atom stereocenters. The standard InChI is InChI=1S/C21H30O3/c1-6-8-19(22)15-21(3,4)14-7-9-17(2)24-16-18-10-12-20(23-5)13-11-18/h7,10-14,17,19,22H,9,15-16H2,1-5H3/b14-7+/t17-,19+/m1/s1. The summed E-state index contributed by atoms with van der Waals surface area (Å²) in [5.74, 6) is 6.39. The van der Waals surface area contributed by atoms with E-state index in [0.29, 0.717) is 13.0 Å². The van der Waals surface area contributed by atoms with E-state index in [1.54, 1.807) is 14.0 Å². The van der Waals surface area contributed by atoms with Crippen molar-refractivity contribution in [1.29, 1.82) is 0 Å². The summed E-state index contributed by atoms with van der Waals surface area (Å²) in [5, 5.41) is 9.80. The van der Waals surface area contributed by atoms with Gasteiger partial charge < -0.3 is 14.6 Å². The molecular weight excluding hydrogens is 300 g/mol. The topological polar surface area (TPSA) is 38.7 Å². The molecule has 0 aromatic heterocycles. The van der Waals surface area contributed by atoms with Crippen LogP contribution in [0.3, 0.4) is 0 Å². The lowest BCUT2D eigenvalue weighted by atomic mass is 9.86. The third kappa shape index (κ3) is 8.19. The van der Waals surface area contributed by atoms with Crippen molar-refractivity contribution in [2.45, 2.75) is 59.4 Å². The SMILES string of the molecule is CC#C[C@H](O)CC(C)(C)/C=C/C[C@@H](C)OCc1ccc(OC)cc1. The Hall–Kier alpha value is -1.76. The van der Waals surface area contributed by atoms with Gasteiger partial charge in [-0.15, -0.1) is 5.92 Å². The Morgan fingerprint density at radius 3 is 2.50 bits per heavy atom. The lowest BCUT2D eigenvalue weighted by molar-refractivity contribution is 0.0550. The van der Waals surface area contributed by atoms with Gasteiger partial charge in [0, 0.05) is 0 Å². The summed E-state index contributed by atoms with van der Waals surface area (Å²) >= 11 is 0. The van der Waals surface area contributed by atoms with Crippen LogP contribution in [0.25, 0.3) is 0 Å². The molecule has 0 saturated heterocycles. The van der Waals surface area contributed by atoms with Gasteiger partial charge in [0.1, 0.15) is 11.9 Å². The first kappa shape index (κ1) is 20.3. The molecule has 0 radical (unpaired) electrons. The van der Waals surface area contributed by atoms with Gasteiger partial charge in [0.05, 0.1) is 19.8 Å². The summed E-state index contributed by atoms with van der Waals surface area (Å²) in [6.07, 6.45) is 5.31. The number of hydrogen-bond acceptors (Lipinski definition) is 3. The predicted molar refractivity (Wildman–Crippen MR) is 98.9 cm³/mol. The highest BCUT2D eigenvalue weighted by Crippen LogP contribution is 2.24. The Labute approximate surface area is 146 Å². The molecule has 1 N–H and O–H groups in total. The van der Waals surface area contributed by atoms with Gasteiger partial charge in [0.2, 0.25) is 0 Å². The average Bonchev–Trinajstić information content (AvgIpc) is 2.53. The molecule has 0 saturated carbocycles. The van der Waals surface area contributed by atoms with Crippen molar-refractivity contribution in [3.8, 4) is 17.6 Å². The lowest BCUT2D eigenvalue weighted by Crippen LogP contribution is -2.17. The van der Waals surface area contributed by atoms with Crippen LogP contribution < -0.4 is 4.74 Å². The van der Waals surface area contributed by atoms with Gasteiger partial charge in [-0.05, 0) is 49.8 Å². The van der Waals surface area contributed by atoms with Crippen LogP contribution in [0.2, 0.25) is 0 Å². The van der Waals surface area contributed by atoms with Crippen molar-refractivity contribution < 1.29 is 14.6 Å². The van der Waals surface area contributed by atoms with Crippen molar-refractivity contribution in [2.24, 2.45) is 5.41 Å². The molecule has 0 spiro atoms. The van der Waals surface area contributed by atoms with Gasteiger partial charge >= 0.3 is 0 Å². The van der Waals surface area contributed by atoms with Crippen LogP contribution in [0.5, 0.6) is 5.75 Å². The molecule has 0 heterocycles. The zero-order valence-corrected chi connectivity index (χ0v) is 15.5. The van der Waals surface area contributed by atoms with Crippen LogP contribution in [0.1, 0.15) is 46.1 Å². The third-order valence-corrected chi connectivity index (χ3v) is 3.76. The third-order valence-electron chi connectivity index (χ3n) is 3.76. The minimum Gasteiger partial charge on any atom is -0.497 e. The van der Waals surface area contributed by atoms with Gasteiger partial charge in [-0.3, -0.25) is 0 Å². The van der Waals surface area contributed by atoms with Crippen molar-refractivity contribution >= 4 is 0 Å². The van der Waals surface area contributed by atoms with E-state index in [-0.39, 0.29) is 11.5 Å². The monoisotopic (exact) mass is 330 g/mol. The van der Waals surface area contributed by atoms with Crippen molar-refractivity contribution in [3.63, 3.8) is 0 Å². The van der Waals surface area contributed by atoms with E-state index < -0.39 is 6.10 Å². The first-order valence-electron chi connectivity index (χ1n) is 8.39. The fraction of sp³-hybridized carbons (Fsp3) is 0.524. The normalized spacial score (nSPS) is 14.1. The molecule has 3 heteroatoms. The first-order valence-corrected chi connectivity index (χ1v) is 8.39. The van der Waals surface area contributed by atoms with Crippen LogP contribution in [-0.4, -0.2) is 24.4 Å². The zero-order valence-electron chi connectivity index (χ0n) is 15.5. The second-order valence-corrected chi connectivity index (χ2v) is 6.71. The largest absolute Gasteiger partial charge is 0.497 e. The molecule has 1 aromatic carbocycles. The van der Waals surface area contributed by atoms with Crippen LogP contribution in [0.4, 0.5) is 0 Å². The van der Waals surface area contributed by atoms with Crippen LogP contribution in [0.15, 0.2) is 36.4 Å². The van der Waals surface area contributed by atoms with Gasteiger partial charge in [0.25, 0.3) is 0 Å². The Morgan fingerprint density at radius 2 is 1.92 bits per heavy atom. The van der Waals surface area contributed by atoms with Crippen LogP contribution in [-0.2, 0) is 11.3 Å². The van der Waals surface area contributed by atoms with Crippen LogP contribution in [0, 0.1) is 17.3 Å². The molecule has 0 aliphatic carbocycles. The van der Waals surface area contributed by atoms with Crippen molar-refractivity contribution in [3.05, 3.63) is 42.0 Å². The number of aliphatic hydroxyl groups excluding tert-OH is 1. The predicted octanol–water partition coefficient (Wildman–Crippen LogP) is 4.35. The summed E-state index contributed by atoms with van der Waals surface area (Å²) in [7, 11) is 1.66. The molecular formula is C21H30O3. The maximum absolute atomic E-state index is 9.80. The quantitative estimate of drug-likeness (QED) is 0.540. The Balaban J connectivity index is 2.38.